The number of aliphatic carboxylic acids is 2. The maximum atomic E-state index is 14.3. The van der Waals surface area contributed by atoms with Gasteiger partial charge in [0.2, 0.25) is 11.2 Å². The molecule has 1 aliphatic carbocycles. The molecule has 1 aliphatic heterocycles. The molecule has 6 rings (SSSR count). The number of nitrogens with two attached hydrogens (primary N) is 1. The predicted octanol–water partition coefficient (Wildman–Crippen LogP) is 6.04. The number of carboxylic acid groups (broad SMARTS) is 2. The van der Waals surface area contributed by atoms with Crippen molar-refractivity contribution in [2.45, 2.75) is 114 Å². The van der Waals surface area contributed by atoms with Crippen LogP contribution < -0.4 is 16.4 Å². The van der Waals surface area contributed by atoms with E-state index in [0.29, 0.717) is 38.2 Å². The van der Waals surface area contributed by atoms with Gasteiger partial charge in [0.25, 0.3) is 0 Å². The summed E-state index contributed by atoms with van der Waals surface area (Å²) >= 11 is 5.34. The van der Waals surface area contributed by atoms with Crippen molar-refractivity contribution < 1.29 is 38.1 Å². The van der Waals surface area contributed by atoms with E-state index in [-0.39, 0.29) is 49.5 Å². The lowest BCUT2D eigenvalue weighted by Gasteiger charge is -2.25. The van der Waals surface area contributed by atoms with Crippen LogP contribution in [0.25, 0.3) is 0 Å². The second kappa shape index (κ2) is 33.6. The number of nitrogens with zero attached hydrogens (tertiary/aromatic N) is 10. The predicted molar refractivity (Wildman–Crippen MR) is 273 cm³/mol. The summed E-state index contributed by atoms with van der Waals surface area (Å²) in [5.41, 5.74) is 12.4. The van der Waals surface area contributed by atoms with Crippen LogP contribution in [0.5, 0.6) is 0 Å². The first-order valence-corrected chi connectivity index (χ1v) is 25.2. The highest BCUT2D eigenvalue weighted by molar-refractivity contribution is 6.28. The summed E-state index contributed by atoms with van der Waals surface area (Å²) < 4.78 is 38.1. The molecule has 0 fully saturated rings. The molecule has 0 saturated carbocycles. The van der Waals surface area contributed by atoms with E-state index in [0.717, 1.165) is 88.0 Å². The molecule has 4 aromatic rings. The normalized spacial score (nSPS) is 14.3. The Labute approximate surface area is 431 Å². The van der Waals surface area contributed by atoms with Crippen LogP contribution in [0, 0.1) is 22.7 Å². The molecule has 0 amide bonds. The van der Waals surface area contributed by atoms with E-state index < -0.39 is 36.4 Å². The number of nitrogens with one attached hydrogen (secondary N) is 2. The number of fused-ring (bicyclic) bond motifs is 2. The zero-order valence-corrected chi connectivity index (χ0v) is 42.7. The Balaban J connectivity index is 0.000000275. The number of carbonyl (C=O) groups is 2. The fraction of sp³-hybridized carbons (Fsp3) is 0.569. The molecule has 73 heavy (non-hydrogen) atoms. The number of halogens is 3. The SMILES string of the molecule is COC[C@@H](F)CN(CCCCc1ccc2c(n1)CCCC2)CC[C@H](N)C(=O)O.COC[C@@H](F)CN(CCCCc1ccc2c(n1)NCCC2)CC[C@H](Nc1ncc(C#N)cn1)C(=O)O.N#Cc1cnc(Cl)nc1. The van der Waals surface area contributed by atoms with Gasteiger partial charge >= 0.3 is 11.9 Å². The molecule has 0 aromatic carbocycles. The first-order chi connectivity index (χ1) is 35.3. The van der Waals surface area contributed by atoms with Crippen LogP contribution in [0.1, 0.15) is 97.1 Å². The van der Waals surface area contributed by atoms with Gasteiger partial charge in [-0.1, -0.05) is 12.1 Å². The third-order valence-corrected chi connectivity index (χ3v) is 12.2. The monoisotopic (exact) mass is 1030 g/mol. The molecule has 0 unspecified atom stereocenters. The van der Waals surface area contributed by atoms with Crippen molar-refractivity contribution in [3.05, 3.63) is 93.7 Å². The van der Waals surface area contributed by atoms with E-state index in [9.17, 15) is 23.5 Å². The number of aryl methyl sites for hydroxylation is 5. The number of rotatable bonds is 28. The highest BCUT2D eigenvalue weighted by atomic mass is 35.5. The van der Waals surface area contributed by atoms with Gasteiger partial charge in [0.1, 0.15) is 42.4 Å². The zero-order chi connectivity index (χ0) is 52.8. The number of anilines is 2. The molecular formula is C51H70ClF2N13O6. The minimum absolute atomic E-state index is 0.0117. The van der Waals surface area contributed by atoms with Gasteiger partial charge in [-0.15, -0.1) is 0 Å². The van der Waals surface area contributed by atoms with Gasteiger partial charge < -0.3 is 45.9 Å². The molecule has 4 aromatic heterocycles. The highest BCUT2D eigenvalue weighted by Gasteiger charge is 2.22. The van der Waals surface area contributed by atoms with Crippen LogP contribution in [0.4, 0.5) is 20.5 Å². The lowest BCUT2D eigenvalue weighted by molar-refractivity contribution is -0.139. The lowest BCUT2D eigenvalue weighted by Crippen LogP contribution is -2.39. The quantitative estimate of drug-likeness (QED) is 0.0320. The number of ether oxygens (including phenoxy) is 2. The van der Waals surface area contributed by atoms with E-state index in [2.05, 4.69) is 54.8 Å². The summed E-state index contributed by atoms with van der Waals surface area (Å²) in [5, 5.41) is 42.0. The highest BCUT2D eigenvalue weighted by Crippen LogP contribution is 2.22. The summed E-state index contributed by atoms with van der Waals surface area (Å²) in [7, 11) is 2.93. The Morgan fingerprint density at radius 1 is 0.753 bits per heavy atom. The second-order valence-electron chi connectivity index (χ2n) is 17.9. The molecule has 0 bridgehead atoms. The maximum Gasteiger partial charge on any atom is 0.326 e. The third-order valence-electron chi connectivity index (χ3n) is 12.0. The van der Waals surface area contributed by atoms with Crippen LogP contribution in [-0.4, -0.2) is 160 Å². The van der Waals surface area contributed by atoms with Gasteiger partial charge in [0.05, 0.1) is 36.7 Å². The molecule has 4 atom stereocenters. The number of hydrogen-bond donors (Lipinski definition) is 5. The number of nitriles is 2. The number of methoxy groups -OCH3 is 2. The van der Waals surface area contributed by atoms with Crippen molar-refractivity contribution in [1.29, 1.82) is 10.5 Å². The standard InChI is InChI=1S/C25H34FN7O3.C21H34FN3O3.C5H2ClN3/c1-36-17-20(26)16-33(11-3-2-6-21-8-7-19-5-4-10-28-23(19)31-21)12-9-22(24(34)35)32-25-29-14-18(13-27)15-30-25;1-28-15-17(22)14-25(13-11-19(23)21(26)27)12-5-4-7-18-10-9-16-6-2-3-8-20(16)24-18;6-5-8-2-4(1-7)3-9-5/h7-8,14-15,20,22H,2-6,9-12,16-17H2,1H3,(H,28,31)(H,34,35)(H,29,30,32);9-10,17,19H,2-8,11-15,23H2,1H3,(H,26,27);2-3H/t20-,22-;17-,19-;/m00./s1. The molecule has 0 radical (unpaired) electrons. The Bertz CT molecular complexity index is 2350. The number of unbranched alkanes of at least 4 members (excludes halogenated alkanes) is 2. The van der Waals surface area contributed by atoms with E-state index in [1.165, 1.54) is 68.7 Å². The van der Waals surface area contributed by atoms with Crippen LogP contribution in [0.15, 0.2) is 49.1 Å². The molecule has 5 heterocycles. The van der Waals surface area contributed by atoms with Crippen molar-refractivity contribution >= 4 is 35.3 Å². The summed E-state index contributed by atoms with van der Waals surface area (Å²) in [5.74, 6) is -0.961. The van der Waals surface area contributed by atoms with Crippen LogP contribution >= 0.6 is 11.6 Å². The Hall–Kier alpha value is -6.07. The van der Waals surface area contributed by atoms with Crippen molar-refractivity contribution in [3.63, 3.8) is 0 Å². The van der Waals surface area contributed by atoms with Crippen molar-refractivity contribution in [3.8, 4) is 12.1 Å². The second-order valence-corrected chi connectivity index (χ2v) is 18.2. The summed E-state index contributed by atoms with van der Waals surface area (Å²) in [6.45, 7) is 3.57. The minimum atomic E-state index is -1.17. The summed E-state index contributed by atoms with van der Waals surface area (Å²) in [4.78, 5) is 51.2. The van der Waals surface area contributed by atoms with Gasteiger partial charge in [0, 0.05) is 76.4 Å². The molecule has 0 spiro atoms. The fourth-order valence-corrected chi connectivity index (χ4v) is 8.27. The zero-order valence-electron chi connectivity index (χ0n) is 41.9. The van der Waals surface area contributed by atoms with E-state index in [4.69, 9.17) is 52.4 Å². The van der Waals surface area contributed by atoms with Gasteiger partial charge in [-0.05, 0) is 138 Å². The van der Waals surface area contributed by atoms with Gasteiger partial charge in [-0.3, -0.25) is 9.78 Å². The van der Waals surface area contributed by atoms with Gasteiger partial charge in [0.15, 0.2) is 0 Å². The molecule has 2 aliphatic rings. The summed E-state index contributed by atoms with van der Waals surface area (Å²) in [6.07, 6.45) is 15.9. The number of alkyl halides is 2. The third kappa shape index (κ3) is 23.1. The Morgan fingerprint density at radius 3 is 1.85 bits per heavy atom. The summed E-state index contributed by atoms with van der Waals surface area (Å²) in [6, 6.07) is 10.5. The lowest BCUT2D eigenvalue weighted by atomic mass is 9.95. The van der Waals surface area contributed by atoms with Crippen LogP contribution in [0.2, 0.25) is 5.28 Å². The number of aromatic nitrogens is 6. The topological polar surface area (TPSA) is 275 Å². The molecular weight excluding hydrogens is 964 g/mol. The van der Waals surface area contributed by atoms with E-state index >= 15 is 0 Å². The first-order valence-electron chi connectivity index (χ1n) is 24.8. The smallest absolute Gasteiger partial charge is 0.326 e. The number of pyridine rings is 2. The van der Waals surface area contributed by atoms with E-state index in [1.54, 1.807) is 0 Å². The van der Waals surface area contributed by atoms with Crippen LogP contribution in [0.3, 0.4) is 0 Å². The Morgan fingerprint density at radius 2 is 1.29 bits per heavy atom. The molecule has 22 heteroatoms. The first kappa shape index (κ1) is 59.5. The number of hydrogen-bond acceptors (Lipinski definition) is 17. The maximum absolute atomic E-state index is 14.3. The molecule has 6 N–H and O–H groups in total. The average Bonchev–Trinajstić information content (AvgIpc) is 3.39. The van der Waals surface area contributed by atoms with Gasteiger partial charge in [-0.25, -0.2) is 38.5 Å². The minimum Gasteiger partial charge on any atom is -0.480 e. The Kier molecular flexibility index (Phi) is 27.4. The van der Waals surface area contributed by atoms with Crippen LogP contribution in [-0.2, 0) is 51.2 Å². The molecule has 396 valence electrons. The van der Waals surface area contributed by atoms with E-state index in [1.807, 2.05) is 21.9 Å². The largest absolute Gasteiger partial charge is 0.480 e. The van der Waals surface area contributed by atoms with Crippen molar-refractivity contribution in [1.82, 2.24) is 39.7 Å². The van der Waals surface area contributed by atoms with Crippen molar-refractivity contribution in [2.75, 3.05) is 83.9 Å². The number of carboxylic acids is 2. The fourth-order valence-electron chi connectivity index (χ4n) is 8.17. The average molecular weight is 1030 g/mol. The molecule has 0 saturated heterocycles. The molecule has 19 nitrogen and oxygen atoms in total. The van der Waals surface area contributed by atoms with Crippen molar-refractivity contribution in [2.24, 2.45) is 5.73 Å². The van der Waals surface area contributed by atoms with Gasteiger partial charge in [-0.2, -0.15) is 10.5 Å².